The number of benzene rings is 1. The van der Waals surface area contributed by atoms with Gasteiger partial charge in [0.05, 0.1) is 18.0 Å². The molecule has 0 aliphatic heterocycles. The molecular formula is C28H32N2O3. The van der Waals surface area contributed by atoms with Gasteiger partial charge in [0.25, 0.3) is 5.91 Å². The van der Waals surface area contributed by atoms with Crippen LogP contribution >= 0.6 is 0 Å². The lowest BCUT2D eigenvalue weighted by atomic mass is 9.52. The van der Waals surface area contributed by atoms with Gasteiger partial charge in [-0.3, -0.25) is 9.78 Å². The number of nitrogens with one attached hydrogen (secondary N) is 1. The van der Waals surface area contributed by atoms with Crippen molar-refractivity contribution in [2.24, 2.45) is 17.3 Å². The van der Waals surface area contributed by atoms with Gasteiger partial charge >= 0.3 is 0 Å². The van der Waals surface area contributed by atoms with Crippen molar-refractivity contribution in [3.63, 3.8) is 0 Å². The number of pyridine rings is 1. The summed E-state index contributed by atoms with van der Waals surface area (Å²) in [6.45, 7) is 5.84. The Kier molecular flexibility index (Phi) is 5.34. The molecule has 1 aromatic heterocycles. The van der Waals surface area contributed by atoms with E-state index in [2.05, 4.69) is 29.1 Å². The van der Waals surface area contributed by atoms with E-state index in [1.54, 1.807) is 19.3 Å². The Balaban J connectivity index is 1.42. The standard InChI is InChI=1S/C28H32N2O3/c1-4-10-28(33)11-9-23-22-8-5-18-13-19(26(32)30-20-12-17(2)15-29-16-20)6-7-21(18)25(22)24(31)14-27(23,28)3/h6-7,12-13,15-16,22-25,31,33H,5,8-9,11,14H2,1-3H3,(H,30,32)/t22-,23-,24-,25+,27-,28-/m0/s1. The number of fused-ring (bicyclic) bond motifs is 5. The molecule has 33 heavy (non-hydrogen) atoms. The SMILES string of the molecule is CC#C[C@]1(O)CC[C@H]2[C@@H]3CCc4cc(C(=O)Nc5cncc(C)c5)ccc4[C@H]3[C@@H](O)C[C@@]21C. The van der Waals surface area contributed by atoms with Crippen LogP contribution in [0.25, 0.3) is 0 Å². The zero-order valence-corrected chi connectivity index (χ0v) is 19.6. The first-order valence-corrected chi connectivity index (χ1v) is 12.0. The van der Waals surface area contributed by atoms with Crippen molar-refractivity contribution in [2.45, 2.75) is 70.5 Å². The Bertz CT molecular complexity index is 1170. The van der Waals surface area contributed by atoms with Crippen molar-refractivity contribution in [3.8, 4) is 11.8 Å². The molecule has 1 aromatic carbocycles. The predicted octanol–water partition coefficient (Wildman–Crippen LogP) is 4.22. The summed E-state index contributed by atoms with van der Waals surface area (Å²) in [7, 11) is 0. The van der Waals surface area contributed by atoms with Gasteiger partial charge in [0.2, 0.25) is 0 Å². The molecule has 5 heteroatoms. The molecule has 5 rings (SSSR count). The largest absolute Gasteiger partial charge is 0.392 e. The minimum atomic E-state index is -1.02. The van der Waals surface area contributed by atoms with Gasteiger partial charge in [-0.15, -0.1) is 5.92 Å². The highest BCUT2D eigenvalue weighted by Crippen LogP contribution is 2.64. The van der Waals surface area contributed by atoms with Gasteiger partial charge in [-0.25, -0.2) is 0 Å². The number of aliphatic hydroxyl groups excluding tert-OH is 1. The van der Waals surface area contributed by atoms with Crippen molar-refractivity contribution in [2.75, 3.05) is 5.32 Å². The summed E-state index contributed by atoms with van der Waals surface area (Å²) in [6, 6.07) is 7.79. The van der Waals surface area contributed by atoms with Crippen LogP contribution in [0.5, 0.6) is 0 Å². The van der Waals surface area contributed by atoms with Crippen LogP contribution in [0, 0.1) is 36.0 Å². The van der Waals surface area contributed by atoms with E-state index >= 15 is 0 Å². The Morgan fingerprint density at radius 1 is 1.24 bits per heavy atom. The highest BCUT2D eigenvalue weighted by Gasteiger charge is 2.63. The van der Waals surface area contributed by atoms with E-state index in [1.807, 2.05) is 31.2 Å². The average molecular weight is 445 g/mol. The van der Waals surface area contributed by atoms with E-state index < -0.39 is 17.1 Å². The minimum Gasteiger partial charge on any atom is -0.392 e. The van der Waals surface area contributed by atoms with Crippen LogP contribution in [0.2, 0.25) is 0 Å². The fraction of sp³-hybridized carbons (Fsp3) is 0.500. The summed E-state index contributed by atoms with van der Waals surface area (Å²) in [5, 5.41) is 25.6. The Morgan fingerprint density at radius 3 is 2.82 bits per heavy atom. The molecule has 3 aliphatic carbocycles. The molecule has 0 bridgehead atoms. The molecule has 2 aromatic rings. The molecular weight excluding hydrogens is 412 g/mol. The van der Waals surface area contributed by atoms with Gasteiger partial charge in [-0.2, -0.15) is 0 Å². The van der Waals surface area contributed by atoms with Gasteiger partial charge in [0, 0.05) is 23.1 Å². The first kappa shape index (κ1) is 22.1. The Labute approximate surface area is 195 Å². The summed E-state index contributed by atoms with van der Waals surface area (Å²) in [5.74, 6) is 6.55. The molecule has 2 fully saturated rings. The number of carbonyl (C=O) groups is 1. The summed E-state index contributed by atoms with van der Waals surface area (Å²) in [5.41, 5.74) is 3.19. The van der Waals surface area contributed by atoms with E-state index in [1.165, 1.54) is 0 Å². The first-order valence-electron chi connectivity index (χ1n) is 12.0. The van der Waals surface area contributed by atoms with Gasteiger partial charge in [-0.05, 0) is 92.7 Å². The summed E-state index contributed by atoms with van der Waals surface area (Å²) >= 11 is 0. The van der Waals surface area contributed by atoms with Crippen LogP contribution in [-0.4, -0.2) is 32.8 Å². The number of hydrogen-bond acceptors (Lipinski definition) is 4. The third kappa shape index (κ3) is 3.48. The number of amides is 1. The lowest BCUT2D eigenvalue weighted by molar-refractivity contribution is -0.107. The van der Waals surface area contributed by atoms with Crippen LogP contribution < -0.4 is 5.32 Å². The molecule has 172 valence electrons. The molecule has 1 heterocycles. The topological polar surface area (TPSA) is 82.5 Å². The highest BCUT2D eigenvalue weighted by molar-refractivity contribution is 6.04. The van der Waals surface area contributed by atoms with Crippen LogP contribution in [-0.2, 0) is 6.42 Å². The summed E-state index contributed by atoms with van der Waals surface area (Å²) < 4.78 is 0. The fourth-order valence-electron chi connectivity index (χ4n) is 7.05. The van der Waals surface area contributed by atoms with Crippen LogP contribution in [0.1, 0.15) is 72.5 Å². The monoisotopic (exact) mass is 444 g/mol. The molecule has 0 unspecified atom stereocenters. The van der Waals surface area contributed by atoms with E-state index in [0.29, 0.717) is 35.9 Å². The average Bonchev–Trinajstić information content (AvgIpc) is 3.03. The summed E-state index contributed by atoms with van der Waals surface area (Å²) in [4.78, 5) is 17.0. The van der Waals surface area contributed by atoms with Gasteiger partial charge in [-0.1, -0.05) is 18.9 Å². The number of hydrogen-bond donors (Lipinski definition) is 3. The smallest absolute Gasteiger partial charge is 0.255 e. The Morgan fingerprint density at radius 2 is 2.06 bits per heavy atom. The number of nitrogens with zero attached hydrogens (tertiary/aromatic N) is 1. The van der Waals surface area contributed by atoms with E-state index in [9.17, 15) is 15.0 Å². The normalized spacial score (nSPS) is 34.3. The van der Waals surface area contributed by atoms with Gasteiger partial charge in [0.15, 0.2) is 0 Å². The fourth-order valence-corrected chi connectivity index (χ4v) is 7.05. The molecule has 0 spiro atoms. The van der Waals surface area contributed by atoms with E-state index in [4.69, 9.17) is 0 Å². The second-order valence-electron chi connectivity index (χ2n) is 10.4. The van der Waals surface area contributed by atoms with Crippen molar-refractivity contribution in [3.05, 3.63) is 58.9 Å². The summed E-state index contributed by atoms with van der Waals surface area (Å²) in [6.07, 6.45) is 6.86. The maximum atomic E-state index is 12.9. The van der Waals surface area contributed by atoms with Crippen LogP contribution in [0.3, 0.4) is 0 Å². The van der Waals surface area contributed by atoms with E-state index in [0.717, 1.165) is 36.0 Å². The van der Waals surface area contributed by atoms with Crippen LogP contribution in [0.4, 0.5) is 5.69 Å². The third-order valence-electron chi connectivity index (χ3n) is 8.58. The van der Waals surface area contributed by atoms with Crippen molar-refractivity contribution in [1.82, 2.24) is 4.98 Å². The zero-order valence-electron chi connectivity index (χ0n) is 19.6. The Hall–Kier alpha value is -2.68. The molecule has 3 N–H and O–H groups in total. The lowest BCUT2D eigenvalue weighted by Crippen LogP contribution is -2.54. The number of aryl methyl sites for hydroxylation is 2. The number of anilines is 1. The van der Waals surface area contributed by atoms with Gasteiger partial charge < -0.3 is 15.5 Å². The van der Waals surface area contributed by atoms with Crippen LogP contribution in [0.15, 0.2) is 36.7 Å². The first-order chi connectivity index (χ1) is 15.8. The molecule has 5 nitrogen and oxygen atoms in total. The third-order valence-corrected chi connectivity index (χ3v) is 8.58. The second-order valence-corrected chi connectivity index (χ2v) is 10.4. The van der Waals surface area contributed by atoms with Crippen molar-refractivity contribution < 1.29 is 15.0 Å². The molecule has 0 radical (unpaired) electrons. The predicted molar refractivity (Wildman–Crippen MR) is 128 cm³/mol. The second kappa shape index (κ2) is 7.97. The quantitative estimate of drug-likeness (QED) is 0.606. The number of carbonyl (C=O) groups excluding carboxylic acids is 1. The zero-order chi connectivity index (χ0) is 23.4. The molecule has 2 saturated carbocycles. The lowest BCUT2D eigenvalue weighted by Gasteiger charge is -2.54. The molecule has 0 saturated heterocycles. The molecule has 1 amide bonds. The number of aromatic nitrogens is 1. The molecule has 6 atom stereocenters. The van der Waals surface area contributed by atoms with E-state index in [-0.39, 0.29) is 11.8 Å². The number of rotatable bonds is 2. The van der Waals surface area contributed by atoms with Crippen molar-refractivity contribution in [1.29, 1.82) is 0 Å². The highest BCUT2D eigenvalue weighted by atomic mass is 16.3. The van der Waals surface area contributed by atoms with Crippen molar-refractivity contribution >= 4 is 11.6 Å². The molecule has 3 aliphatic rings. The number of aliphatic hydroxyl groups is 2. The minimum absolute atomic E-state index is 0.0434. The van der Waals surface area contributed by atoms with Gasteiger partial charge in [0.1, 0.15) is 5.60 Å². The maximum Gasteiger partial charge on any atom is 0.255 e. The maximum absolute atomic E-state index is 12.9.